The molecule has 2 N–H and O–H groups in total. The quantitative estimate of drug-likeness (QED) is 0.446. The van der Waals surface area contributed by atoms with E-state index in [2.05, 4.69) is 9.97 Å². The SMILES string of the molecule is Cc1ccc(C2C(C(=O)c3sc(C)nc3C)=C(O)C(=O)N2CCC[n+]2cc[nH]c2)o1. The average Bonchev–Trinajstić information content (AvgIpc) is 3.47. The van der Waals surface area contributed by atoms with Crippen LogP contribution in [0.25, 0.3) is 0 Å². The lowest BCUT2D eigenvalue weighted by molar-refractivity contribution is -0.695. The summed E-state index contributed by atoms with van der Waals surface area (Å²) in [6, 6.07) is 2.77. The lowest BCUT2D eigenvalue weighted by atomic mass is 9.99. The van der Waals surface area contributed by atoms with Crippen LogP contribution in [-0.4, -0.2) is 38.2 Å². The molecule has 0 aromatic carbocycles. The highest BCUT2D eigenvalue weighted by molar-refractivity contribution is 7.14. The fourth-order valence-electron chi connectivity index (χ4n) is 3.76. The van der Waals surface area contributed by atoms with E-state index in [0.29, 0.717) is 41.6 Å². The summed E-state index contributed by atoms with van der Waals surface area (Å²) in [5, 5.41) is 11.4. The van der Waals surface area contributed by atoms with E-state index >= 15 is 0 Å². The van der Waals surface area contributed by atoms with Crippen molar-refractivity contribution in [1.82, 2.24) is 14.9 Å². The van der Waals surface area contributed by atoms with Gasteiger partial charge in [0.05, 0.1) is 27.7 Å². The number of imidazole rings is 1. The van der Waals surface area contributed by atoms with Crippen molar-refractivity contribution in [1.29, 1.82) is 0 Å². The van der Waals surface area contributed by atoms with Gasteiger partial charge in [0, 0.05) is 13.0 Å². The number of hydrogen-bond acceptors (Lipinski definition) is 6. The molecule has 8 nitrogen and oxygen atoms in total. The Bertz CT molecular complexity index is 1130. The molecule has 1 amide bonds. The summed E-state index contributed by atoms with van der Waals surface area (Å²) in [5.41, 5.74) is 0.641. The van der Waals surface area contributed by atoms with Crippen LogP contribution < -0.4 is 4.57 Å². The van der Waals surface area contributed by atoms with Gasteiger partial charge in [-0.05, 0) is 32.9 Å². The van der Waals surface area contributed by atoms with Crippen LogP contribution in [0.15, 0.2) is 46.6 Å². The zero-order valence-corrected chi connectivity index (χ0v) is 17.8. The Hall–Kier alpha value is -3.20. The lowest BCUT2D eigenvalue weighted by Gasteiger charge is -2.24. The maximum absolute atomic E-state index is 13.4. The van der Waals surface area contributed by atoms with Gasteiger partial charge in [-0.3, -0.25) is 14.6 Å². The number of hydrogen-bond donors (Lipinski definition) is 2. The third kappa shape index (κ3) is 3.56. The highest BCUT2D eigenvalue weighted by Crippen LogP contribution is 2.40. The van der Waals surface area contributed by atoms with Gasteiger partial charge in [0.15, 0.2) is 5.76 Å². The molecule has 30 heavy (non-hydrogen) atoms. The van der Waals surface area contributed by atoms with E-state index in [9.17, 15) is 14.7 Å². The van der Waals surface area contributed by atoms with Gasteiger partial charge in [-0.1, -0.05) is 0 Å². The number of carbonyl (C=O) groups excluding carboxylic acids is 2. The van der Waals surface area contributed by atoms with Crippen molar-refractivity contribution < 1.29 is 23.7 Å². The van der Waals surface area contributed by atoms with Crippen LogP contribution in [0, 0.1) is 20.8 Å². The molecule has 9 heteroatoms. The van der Waals surface area contributed by atoms with Crippen molar-refractivity contribution in [2.75, 3.05) is 6.54 Å². The molecule has 1 aliphatic rings. The fourth-order valence-corrected chi connectivity index (χ4v) is 4.63. The molecular weight excluding hydrogens is 404 g/mol. The van der Waals surface area contributed by atoms with Crippen LogP contribution in [0.2, 0.25) is 0 Å². The van der Waals surface area contributed by atoms with Gasteiger partial charge < -0.3 is 14.4 Å². The maximum atomic E-state index is 13.4. The third-order valence-electron chi connectivity index (χ3n) is 5.11. The van der Waals surface area contributed by atoms with Crippen molar-refractivity contribution >= 4 is 23.0 Å². The summed E-state index contributed by atoms with van der Waals surface area (Å²) in [4.78, 5) is 35.5. The molecule has 0 saturated heterocycles. The molecule has 1 atom stereocenters. The normalized spacial score (nSPS) is 16.7. The molecule has 3 aromatic rings. The van der Waals surface area contributed by atoms with Crippen LogP contribution in [0.4, 0.5) is 0 Å². The van der Waals surface area contributed by atoms with Crippen molar-refractivity contribution in [2.24, 2.45) is 0 Å². The summed E-state index contributed by atoms with van der Waals surface area (Å²) in [5.74, 6) is -0.329. The molecule has 3 aromatic heterocycles. The van der Waals surface area contributed by atoms with E-state index in [4.69, 9.17) is 4.42 Å². The van der Waals surface area contributed by atoms with Crippen LogP contribution in [0.5, 0.6) is 0 Å². The first kappa shape index (κ1) is 20.1. The minimum absolute atomic E-state index is 0.0513. The maximum Gasteiger partial charge on any atom is 0.290 e. The summed E-state index contributed by atoms with van der Waals surface area (Å²) < 4.78 is 7.75. The monoisotopic (exact) mass is 427 g/mol. The second kappa shape index (κ2) is 7.91. The molecule has 156 valence electrons. The number of nitrogens with one attached hydrogen (secondary N) is 1. The summed E-state index contributed by atoms with van der Waals surface area (Å²) in [6.45, 7) is 6.43. The first-order valence-corrected chi connectivity index (χ1v) is 10.5. The molecule has 0 bridgehead atoms. The van der Waals surface area contributed by atoms with Crippen molar-refractivity contribution in [2.45, 2.75) is 39.8 Å². The number of rotatable bonds is 7. The van der Waals surface area contributed by atoms with E-state index in [1.54, 1.807) is 26.0 Å². The summed E-state index contributed by atoms with van der Waals surface area (Å²) in [7, 11) is 0. The van der Waals surface area contributed by atoms with Crippen LogP contribution in [0.1, 0.15) is 44.4 Å². The molecule has 0 spiro atoms. The molecule has 0 aliphatic carbocycles. The predicted octanol–water partition coefficient (Wildman–Crippen LogP) is 2.95. The number of ketones is 1. The van der Waals surface area contributed by atoms with E-state index in [0.717, 1.165) is 5.01 Å². The fraction of sp³-hybridized carbons (Fsp3) is 0.333. The third-order valence-corrected chi connectivity index (χ3v) is 6.18. The van der Waals surface area contributed by atoms with Gasteiger partial charge in [-0.15, -0.1) is 11.3 Å². The topological polar surface area (TPSA) is 103 Å². The zero-order chi connectivity index (χ0) is 21.4. The smallest absolute Gasteiger partial charge is 0.290 e. The second-order valence-corrected chi connectivity index (χ2v) is 8.49. The van der Waals surface area contributed by atoms with Gasteiger partial charge in [0.2, 0.25) is 12.1 Å². The minimum Gasteiger partial charge on any atom is -0.503 e. The van der Waals surface area contributed by atoms with Crippen LogP contribution in [-0.2, 0) is 11.3 Å². The predicted molar refractivity (Wildman–Crippen MR) is 109 cm³/mol. The number of aryl methyl sites for hydroxylation is 4. The van der Waals surface area contributed by atoms with Crippen LogP contribution >= 0.6 is 11.3 Å². The van der Waals surface area contributed by atoms with E-state index in [1.165, 1.54) is 16.2 Å². The summed E-state index contributed by atoms with van der Waals surface area (Å²) in [6.07, 6.45) is 6.20. The van der Waals surface area contributed by atoms with Gasteiger partial charge >= 0.3 is 0 Å². The Kier molecular flexibility index (Phi) is 5.29. The van der Waals surface area contributed by atoms with Crippen molar-refractivity contribution in [3.8, 4) is 0 Å². The Morgan fingerprint density at radius 2 is 2.17 bits per heavy atom. The highest BCUT2D eigenvalue weighted by Gasteiger charge is 2.45. The molecule has 0 saturated carbocycles. The Labute approximate surface area is 177 Å². The van der Waals surface area contributed by atoms with Crippen molar-refractivity contribution in [3.63, 3.8) is 0 Å². The lowest BCUT2D eigenvalue weighted by Crippen LogP contribution is -2.36. The Balaban J connectivity index is 1.67. The molecule has 4 heterocycles. The molecule has 0 radical (unpaired) electrons. The number of aromatic nitrogens is 3. The van der Waals surface area contributed by atoms with E-state index < -0.39 is 17.7 Å². The number of Topliss-reactive ketones (excluding diaryl/α,β-unsaturated/α-hetero) is 1. The number of aromatic amines is 1. The number of thiazole rings is 1. The van der Waals surface area contributed by atoms with Gasteiger partial charge in [0.25, 0.3) is 5.91 Å². The van der Waals surface area contributed by atoms with Crippen LogP contribution in [0.3, 0.4) is 0 Å². The minimum atomic E-state index is -0.767. The second-order valence-electron chi connectivity index (χ2n) is 7.29. The number of carbonyl (C=O) groups is 2. The molecular formula is C21H23N4O4S+. The largest absolute Gasteiger partial charge is 0.503 e. The number of furan rings is 1. The van der Waals surface area contributed by atoms with E-state index in [1.807, 2.05) is 30.2 Å². The number of amides is 1. The Morgan fingerprint density at radius 1 is 1.37 bits per heavy atom. The molecule has 1 unspecified atom stereocenters. The average molecular weight is 428 g/mol. The molecule has 1 aliphatic heterocycles. The first-order chi connectivity index (χ1) is 14.4. The summed E-state index contributed by atoms with van der Waals surface area (Å²) >= 11 is 1.26. The molecule has 4 rings (SSSR count). The standard InChI is InChI=1S/C21H22N4O4S/c1-12-5-6-15(29-12)17-16(18(26)20-13(2)23-14(3)30-20)19(27)21(28)25(17)9-4-8-24-10-7-22-11-24/h5-7,10-11,17H,4,8-9H2,1-3H3,(H,26,27)/p+1. The van der Waals surface area contributed by atoms with Gasteiger partial charge in [-0.2, -0.15) is 0 Å². The zero-order valence-electron chi connectivity index (χ0n) is 17.0. The van der Waals surface area contributed by atoms with Crippen molar-refractivity contribution in [3.05, 3.63) is 69.3 Å². The number of H-pyrrole nitrogens is 1. The van der Waals surface area contributed by atoms with E-state index in [-0.39, 0.29) is 11.4 Å². The number of nitrogens with zero attached hydrogens (tertiary/aromatic N) is 3. The number of aliphatic hydroxyl groups is 1. The van der Waals surface area contributed by atoms with Gasteiger partial charge in [-0.25, -0.2) is 9.55 Å². The highest BCUT2D eigenvalue weighted by atomic mass is 32.1. The molecule has 0 fully saturated rings. The first-order valence-electron chi connectivity index (χ1n) is 9.67. The number of aliphatic hydroxyl groups excluding tert-OH is 1. The Morgan fingerprint density at radius 3 is 2.77 bits per heavy atom. The van der Waals surface area contributed by atoms with Gasteiger partial charge in [0.1, 0.15) is 30.0 Å².